The fourth-order valence-electron chi connectivity index (χ4n) is 4.04. The van der Waals surface area contributed by atoms with Crippen molar-refractivity contribution in [3.05, 3.63) is 35.9 Å². The maximum atomic E-state index is 12.7. The van der Waals surface area contributed by atoms with Crippen LogP contribution in [0.15, 0.2) is 30.3 Å². The molecule has 0 radical (unpaired) electrons. The number of hydrogen-bond acceptors (Lipinski definition) is 3. The van der Waals surface area contributed by atoms with Gasteiger partial charge in [0.2, 0.25) is 5.91 Å². The third-order valence-electron chi connectivity index (χ3n) is 5.59. The van der Waals surface area contributed by atoms with Crippen LogP contribution < -0.4 is 5.73 Å². The van der Waals surface area contributed by atoms with Gasteiger partial charge in [-0.05, 0) is 31.2 Å². The first-order valence-electron chi connectivity index (χ1n) is 8.93. The lowest BCUT2D eigenvalue weighted by Crippen LogP contribution is -2.48. The van der Waals surface area contributed by atoms with Crippen molar-refractivity contribution in [2.45, 2.75) is 50.7 Å². The first kappa shape index (κ1) is 22.2. The molecule has 2 fully saturated rings. The van der Waals surface area contributed by atoms with E-state index in [2.05, 4.69) is 35.2 Å². The van der Waals surface area contributed by atoms with Gasteiger partial charge in [-0.3, -0.25) is 9.69 Å². The number of nitrogens with two attached hydrogens (primary N) is 1. The Kier molecular flexibility index (Phi) is 9.22. The molecular formula is C19H31Cl2N3O. The van der Waals surface area contributed by atoms with E-state index in [1.54, 1.807) is 0 Å². The van der Waals surface area contributed by atoms with Gasteiger partial charge in [-0.15, -0.1) is 24.8 Å². The highest BCUT2D eigenvalue weighted by Crippen LogP contribution is 2.27. The number of likely N-dealkylation sites (tertiary alicyclic amines) is 1. The van der Waals surface area contributed by atoms with Crippen molar-refractivity contribution in [3.8, 4) is 0 Å². The van der Waals surface area contributed by atoms with Gasteiger partial charge >= 0.3 is 0 Å². The lowest BCUT2D eigenvalue weighted by Gasteiger charge is -2.38. The molecule has 0 aromatic heterocycles. The summed E-state index contributed by atoms with van der Waals surface area (Å²) in [6.07, 6.45) is 5.20. The Bertz CT molecular complexity index is 521. The number of hydrogen-bond donors (Lipinski definition) is 1. The molecule has 3 rings (SSSR count). The molecule has 1 aromatic rings. The molecule has 1 aliphatic heterocycles. The third kappa shape index (κ3) is 5.58. The summed E-state index contributed by atoms with van der Waals surface area (Å²) in [7, 11) is 1.98. The molecule has 2 N–H and O–H groups in total. The molecule has 1 saturated heterocycles. The zero-order valence-corrected chi connectivity index (χ0v) is 16.6. The second kappa shape index (κ2) is 10.4. The van der Waals surface area contributed by atoms with E-state index in [1.807, 2.05) is 11.9 Å². The molecule has 1 aromatic carbocycles. The zero-order valence-electron chi connectivity index (χ0n) is 15.0. The highest BCUT2D eigenvalue weighted by molar-refractivity contribution is 5.85. The number of halogens is 2. The van der Waals surface area contributed by atoms with E-state index in [-0.39, 0.29) is 42.7 Å². The van der Waals surface area contributed by atoms with Crippen molar-refractivity contribution in [2.24, 2.45) is 11.7 Å². The Hall–Kier alpha value is -0.810. The van der Waals surface area contributed by atoms with Crippen LogP contribution in [0.1, 0.15) is 37.7 Å². The number of carbonyl (C=O) groups excluding carboxylic acids is 1. The van der Waals surface area contributed by atoms with E-state index < -0.39 is 0 Å². The quantitative estimate of drug-likeness (QED) is 0.863. The normalized spacial score (nSPS) is 24.2. The molecule has 2 atom stereocenters. The first-order chi connectivity index (χ1) is 11.1. The molecule has 25 heavy (non-hydrogen) atoms. The van der Waals surface area contributed by atoms with Crippen LogP contribution in [0, 0.1) is 5.92 Å². The molecule has 4 nitrogen and oxygen atoms in total. The van der Waals surface area contributed by atoms with E-state index in [9.17, 15) is 4.79 Å². The molecule has 142 valence electrons. The number of carbonyl (C=O) groups is 1. The second-order valence-electron chi connectivity index (χ2n) is 7.14. The predicted octanol–water partition coefficient (Wildman–Crippen LogP) is 3.08. The average molecular weight is 388 g/mol. The zero-order chi connectivity index (χ0) is 16.2. The fourth-order valence-corrected chi connectivity index (χ4v) is 4.04. The van der Waals surface area contributed by atoms with Crippen molar-refractivity contribution in [1.29, 1.82) is 0 Å². The SMILES string of the molecule is CN(C(=O)C1CCCC1N)C1CCN(Cc2ccccc2)CC1.Cl.Cl. The minimum Gasteiger partial charge on any atom is -0.342 e. The number of rotatable bonds is 4. The Morgan fingerprint density at radius 2 is 1.76 bits per heavy atom. The summed E-state index contributed by atoms with van der Waals surface area (Å²) in [5, 5.41) is 0. The van der Waals surface area contributed by atoms with E-state index in [4.69, 9.17) is 5.73 Å². The third-order valence-corrected chi connectivity index (χ3v) is 5.59. The van der Waals surface area contributed by atoms with Gasteiger partial charge in [0.25, 0.3) is 0 Å². The second-order valence-corrected chi connectivity index (χ2v) is 7.14. The van der Waals surface area contributed by atoms with Crippen LogP contribution in [-0.2, 0) is 11.3 Å². The van der Waals surface area contributed by atoms with Gasteiger partial charge in [0.05, 0.1) is 5.92 Å². The Balaban J connectivity index is 0.00000156. The lowest BCUT2D eigenvalue weighted by molar-refractivity contribution is -0.137. The van der Waals surface area contributed by atoms with Crippen molar-refractivity contribution < 1.29 is 4.79 Å². The van der Waals surface area contributed by atoms with Crippen LogP contribution in [0.2, 0.25) is 0 Å². The van der Waals surface area contributed by atoms with E-state index in [0.29, 0.717) is 6.04 Å². The van der Waals surface area contributed by atoms with E-state index in [1.165, 1.54) is 5.56 Å². The van der Waals surface area contributed by atoms with Crippen LogP contribution >= 0.6 is 24.8 Å². The fraction of sp³-hybridized carbons (Fsp3) is 0.632. The van der Waals surface area contributed by atoms with Crippen LogP contribution in [0.4, 0.5) is 0 Å². The van der Waals surface area contributed by atoms with Gasteiger partial charge in [0.1, 0.15) is 0 Å². The maximum Gasteiger partial charge on any atom is 0.227 e. The van der Waals surface area contributed by atoms with Gasteiger partial charge in [-0.1, -0.05) is 36.8 Å². The minimum absolute atomic E-state index is 0. The first-order valence-corrected chi connectivity index (χ1v) is 8.93. The van der Waals surface area contributed by atoms with Gasteiger partial charge in [-0.25, -0.2) is 0 Å². The van der Waals surface area contributed by atoms with Gasteiger partial charge < -0.3 is 10.6 Å². The standard InChI is InChI=1S/C19H29N3O.2ClH/c1-21(19(23)17-8-5-9-18(17)20)16-10-12-22(13-11-16)14-15-6-3-2-4-7-15;;/h2-4,6-7,16-18H,5,8-14,20H2,1H3;2*1H. The summed E-state index contributed by atoms with van der Waals surface area (Å²) in [6, 6.07) is 11.1. The summed E-state index contributed by atoms with van der Waals surface area (Å²) in [6.45, 7) is 3.14. The predicted molar refractivity (Wildman–Crippen MR) is 107 cm³/mol. The van der Waals surface area contributed by atoms with Gasteiger partial charge in [0.15, 0.2) is 0 Å². The topological polar surface area (TPSA) is 49.6 Å². The summed E-state index contributed by atoms with van der Waals surface area (Å²) in [5.41, 5.74) is 7.47. The van der Waals surface area contributed by atoms with Gasteiger partial charge in [0, 0.05) is 38.8 Å². The molecule has 2 aliphatic rings. The highest BCUT2D eigenvalue weighted by Gasteiger charge is 2.35. The molecule has 1 heterocycles. The van der Waals surface area contributed by atoms with Crippen molar-refractivity contribution in [3.63, 3.8) is 0 Å². The van der Waals surface area contributed by atoms with E-state index >= 15 is 0 Å². The van der Waals surface area contributed by atoms with Crippen LogP contribution in [-0.4, -0.2) is 47.9 Å². The van der Waals surface area contributed by atoms with Crippen molar-refractivity contribution in [1.82, 2.24) is 9.80 Å². The molecule has 1 aliphatic carbocycles. The van der Waals surface area contributed by atoms with Crippen LogP contribution in [0.25, 0.3) is 0 Å². The number of benzene rings is 1. The largest absolute Gasteiger partial charge is 0.342 e. The molecule has 2 unspecified atom stereocenters. The molecule has 6 heteroatoms. The summed E-state index contributed by atoms with van der Waals surface area (Å²) >= 11 is 0. The summed E-state index contributed by atoms with van der Waals surface area (Å²) < 4.78 is 0. The van der Waals surface area contributed by atoms with Crippen LogP contribution in [0.5, 0.6) is 0 Å². The molecular weight excluding hydrogens is 357 g/mol. The Morgan fingerprint density at radius 3 is 2.32 bits per heavy atom. The van der Waals surface area contributed by atoms with Crippen molar-refractivity contribution >= 4 is 30.7 Å². The smallest absolute Gasteiger partial charge is 0.227 e. The van der Waals surface area contributed by atoms with Crippen LogP contribution in [0.3, 0.4) is 0 Å². The molecule has 1 amide bonds. The van der Waals surface area contributed by atoms with E-state index in [0.717, 1.165) is 51.7 Å². The Morgan fingerprint density at radius 1 is 1.12 bits per heavy atom. The molecule has 0 spiro atoms. The van der Waals surface area contributed by atoms with Gasteiger partial charge in [-0.2, -0.15) is 0 Å². The molecule has 1 saturated carbocycles. The van der Waals surface area contributed by atoms with Crippen molar-refractivity contribution in [2.75, 3.05) is 20.1 Å². The minimum atomic E-state index is 0. The number of nitrogens with zero attached hydrogens (tertiary/aromatic N) is 2. The monoisotopic (exact) mass is 387 g/mol. The number of piperidine rings is 1. The maximum absolute atomic E-state index is 12.7. The molecule has 0 bridgehead atoms. The lowest BCUT2D eigenvalue weighted by atomic mass is 9.98. The average Bonchev–Trinajstić information content (AvgIpc) is 3.01. The summed E-state index contributed by atoms with van der Waals surface area (Å²) in [4.78, 5) is 17.1. The Labute approximate surface area is 163 Å². The number of amides is 1. The highest BCUT2D eigenvalue weighted by atomic mass is 35.5. The summed E-state index contributed by atoms with van der Waals surface area (Å²) in [5.74, 6) is 0.332.